The summed E-state index contributed by atoms with van der Waals surface area (Å²) < 4.78 is 18.7. The van der Waals surface area contributed by atoms with Gasteiger partial charge in [-0.3, -0.25) is 9.48 Å². The zero-order valence-electron chi connectivity index (χ0n) is 15.0. The van der Waals surface area contributed by atoms with Crippen LogP contribution in [0.15, 0.2) is 22.8 Å². The molecule has 136 valence electrons. The molecule has 1 amide bonds. The van der Waals surface area contributed by atoms with E-state index in [0.717, 1.165) is 16.7 Å². The number of hydrogen-bond donors (Lipinski definition) is 0. The van der Waals surface area contributed by atoms with Crippen LogP contribution in [0, 0.1) is 0 Å². The summed E-state index contributed by atoms with van der Waals surface area (Å²) in [5, 5.41) is 4.45. The fourth-order valence-corrected chi connectivity index (χ4v) is 2.92. The number of benzene rings is 1. The smallest absolute Gasteiger partial charge is 0.257 e. The first-order valence-corrected chi connectivity index (χ1v) is 8.52. The molecule has 0 aliphatic heterocycles. The van der Waals surface area contributed by atoms with Crippen LogP contribution in [0.2, 0.25) is 0 Å². The lowest BCUT2D eigenvalue weighted by molar-refractivity contribution is 0.0778. The van der Waals surface area contributed by atoms with E-state index >= 15 is 0 Å². The largest absolute Gasteiger partial charge is 0.493 e. The molecule has 0 spiro atoms. The van der Waals surface area contributed by atoms with Crippen molar-refractivity contribution in [3.8, 4) is 17.2 Å². The summed E-state index contributed by atoms with van der Waals surface area (Å²) in [6, 6.07) is 3.35. The van der Waals surface area contributed by atoms with Crippen molar-refractivity contribution in [2.24, 2.45) is 0 Å². The average Bonchev–Trinajstić information content (AvgIpc) is 2.99. The van der Waals surface area contributed by atoms with Crippen molar-refractivity contribution in [3.05, 3.63) is 34.1 Å². The molecule has 0 saturated heterocycles. The van der Waals surface area contributed by atoms with Crippen molar-refractivity contribution in [1.82, 2.24) is 14.7 Å². The SMILES string of the molecule is CCn1cc(Br)c(CN(C)C(=O)c2ccc(OC)c(OC)c2OC)n1. The highest BCUT2D eigenvalue weighted by Gasteiger charge is 2.24. The second-order valence-corrected chi connectivity index (χ2v) is 6.18. The molecule has 0 saturated carbocycles. The molecular formula is C17H22BrN3O4. The number of methoxy groups -OCH3 is 3. The van der Waals surface area contributed by atoms with Crippen LogP contribution in [0.4, 0.5) is 0 Å². The van der Waals surface area contributed by atoms with Gasteiger partial charge in [-0.25, -0.2) is 0 Å². The maximum Gasteiger partial charge on any atom is 0.257 e. The minimum absolute atomic E-state index is 0.198. The van der Waals surface area contributed by atoms with Crippen LogP contribution in [0.1, 0.15) is 23.0 Å². The van der Waals surface area contributed by atoms with Crippen LogP contribution in [0.5, 0.6) is 17.2 Å². The Balaban J connectivity index is 2.31. The predicted molar refractivity (Wildman–Crippen MR) is 97.5 cm³/mol. The maximum atomic E-state index is 12.9. The molecule has 0 aliphatic rings. The van der Waals surface area contributed by atoms with E-state index < -0.39 is 0 Å². The highest BCUT2D eigenvalue weighted by atomic mass is 79.9. The van der Waals surface area contributed by atoms with Crippen LogP contribution >= 0.6 is 15.9 Å². The van der Waals surface area contributed by atoms with Gasteiger partial charge < -0.3 is 19.1 Å². The third kappa shape index (κ3) is 3.89. The molecule has 0 bridgehead atoms. The number of halogens is 1. The van der Waals surface area contributed by atoms with Gasteiger partial charge in [0.05, 0.1) is 43.6 Å². The Morgan fingerprint density at radius 3 is 2.40 bits per heavy atom. The molecular weight excluding hydrogens is 390 g/mol. The highest BCUT2D eigenvalue weighted by molar-refractivity contribution is 9.10. The Bertz CT molecular complexity index is 761. The van der Waals surface area contributed by atoms with Crippen LogP contribution < -0.4 is 14.2 Å². The van der Waals surface area contributed by atoms with Crippen molar-refractivity contribution in [1.29, 1.82) is 0 Å². The van der Waals surface area contributed by atoms with E-state index in [1.54, 1.807) is 24.1 Å². The molecule has 0 aliphatic carbocycles. The zero-order chi connectivity index (χ0) is 18.6. The van der Waals surface area contributed by atoms with E-state index in [0.29, 0.717) is 29.4 Å². The summed E-state index contributed by atoms with van der Waals surface area (Å²) in [6.07, 6.45) is 1.89. The van der Waals surface area contributed by atoms with E-state index in [9.17, 15) is 4.79 Å². The number of nitrogens with zero attached hydrogens (tertiary/aromatic N) is 3. The molecule has 2 aromatic rings. The molecule has 0 atom stereocenters. The monoisotopic (exact) mass is 411 g/mol. The van der Waals surface area contributed by atoms with Gasteiger partial charge in [-0.1, -0.05) is 0 Å². The van der Waals surface area contributed by atoms with Gasteiger partial charge in [-0.05, 0) is 35.0 Å². The van der Waals surface area contributed by atoms with E-state index in [1.807, 2.05) is 17.8 Å². The lowest BCUT2D eigenvalue weighted by atomic mass is 10.1. The molecule has 0 radical (unpaired) electrons. The molecule has 25 heavy (non-hydrogen) atoms. The number of carbonyl (C=O) groups excluding carboxylic acids is 1. The van der Waals surface area contributed by atoms with Gasteiger partial charge in [0.25, 0.3) is 5.91 Å². The molecule has 1 heterocycles. The van der Waals surface area contributed by atoms with Gasteiger partial charge in [0.1, 0.15) is 0 Å². The van der Waals surface area contributed by atoms with Crippen molar-refractivity contribution < 1.29 is 19.0 Å². The second kappa shape index (κ2) is 8.24. The summed E-state index contributed by atoms with van der Waals surface area (Å²) in [4.78, 5) is 14.5. The Labute approximate surface area is 155 Å². The van der Waals surface area contributed by atoms with Crippen molar-refractivity contribution in [2.75, 3.05) is 28.4 Å². The summed E-state index contributed by atoms with van der Waals surface area (Å²) in [7, 11) is 6.25. The molecule has 0 N–H and O–H groups in total. The summed E-state index contributed by atoms with van der Waals surface area (Å²) in [5.41, 5.74) is 1.19. The average molecular weight is 412 g/mol. The van der Waals surface area contributed by atoms with E-state index in [1.165, 1.54) is 21.3 Å². The lowest BCUT2D eigenvalue weighted by Gasteiger charge is -2.20. The third-order valence-corrected chi connectivity index (χ3v) is 4.44. The number of aromatic nitrogens is 2. The summed E-state index contributed by atoms with van der Waals surface area (Å²) in [6.45, 7) is 3.14. The van der Waals surface area contributed by atoms with Crippen LogP contribution in [-0.4, -0.2) is 49.0 Å². The number of aryl methyl sites for hydroxylation is 1. The first-order valence-electron chi connectivity index (χ1n) is 7.73. The fourth-order valence-electron chi connectivity index (χ4n) is 2.48. The topological polar surface area (TPSA) is 65.8 Å². The Kier molecular flexibility index (Phi) is 6.30. The Morgan fingerprint density at radius 1 is 1.20 bits per heavy atom. The third-order valence-electron chi connectivity index (χ3n) is 3.78. The summed E-state index contributed by atoms with van der Waals surface area (Å²) >= 11 is 3.48. The van der Waals surface area contributed by atoms with Crippen molar-refractivity contribution in [2.45, 2.75) is 20.0 Å². The Hall–Kier alpha value is -2.22. The number of carbonyl (C=O) groups is 1. The molecule has 0 unspecified atom stereocenters. The molecule has 7 nitrogen and oxygen atoms in total. The first kappa shape index (κ1) is 19.1. The fraction of sp³-hybridized carbons (Fsp3) is 0.412. The van der Waals surface area contributed by atoms with E-state index in [-0.39, 0.29) is 5.91 Å². The quantitative estimate of drug-likeness (QED) is 0.700. The van der Waals surface area contributed by atoms with Gasteiger partial charge in [0, 0.05) is 19.8 Å². The van der Waals surface area contributed by atoms with Gasteiger partial charge in [-0.15, -0.1) is 0 Å². The summed E-state index contributed by atoms with van der Waals surface area (Å²) in [5.74, 6) is 1.04. The number of ether oxygens (including phenoxy) is 3. The highest BCUT2D eigenvalue weighted by Crippen LogP contribution is 2.40. The van der Waals surface area contributed by atoms with Gasteiger partial charge in [-0.2, -0.15) is 5.10 Å². The van der Waals surface area contributed by atoms with Gasteiger partial charge in [0.2, 0.25) is 5.75 Å². The van der Waals surface area contributed by atoms with E-state index in [4.69, 9.17) is 14.2 Å². The number of amides is 1. The molecule has 2 rings (SSSR count). The number of hydrogen-bond acceptors (Lipinski definition) is 5. The first-order chi connectivity index (χ1) is 12.0. The van der Waals surface area contributed by atoms with Crippen molar-refractivity contribution in [3.63, 3.8) is 0 Å². The van der Waals surface area contributed by atoms with Gasteiger partial charge in [0.15, 0.2) is 11.5 Å². The Morgan fingerprint density at radius 2 is 1.88 bits per heavy atom. The molecule has 0 fully saturated rings. The molecule has 1 aromatic carbocycles. The van der Waals surface area contributed by atoms with E-state index in [2.05, 4.69) is 21.0 Å². The standard InChI is InChI=1S/C17H22BrN3O4/c1-6-21-9-12(18)13(19-21)10-20(2)17(22)11-7-8-14(23-3)16(25-5)15(11)24-4/h7-9H,6,10H2,1-5H3. The second-order valence-electron chi connectivity index (χ2n) is 5.32. The predicted octanol–water partition coefficient (Wildman–Crippen LogP) is 2.96. The van der Waals surface area contributed by atoms with Crippen LogP contribution in [0.3, 0.4) is 0 Å². The maximum absolute atomic E-state index is 12.9. The van der Waals surface area contributed by atoms with Gasteiger partial charge >= 0.3 is 0 Å². The zero-order valence-corrected chi connectivity index (χ0v) is 16.6. The molecule has 1 aromatic heterocycles. The normalized spacial score (nSPS) is 10.5. The van der Waals surface area contributed by atoms with Crippen LogP contribution in [0.25, 0.3) is 0 Å². The van der Waals surface area contributed by atoms with Crippen LogP contribution in [-0.2, 0) is 13.1 Å². The number of rotatable bonds is 7. The lowest BCUT2D eigenvalue weighted by Crippen LogP contribution is -2.27. The minimum Gasteiger partial charge on any atom is -0.493 e. The van der Waals surface area contributed by atoms with Crippen molar-refractivity contribution >= 4 is 21.8 Å². The molecule has 8 heteroatoms. The minimum atomic E-state index is -0.198.